The van der Waals surface area contributed by atoms with Crippen LogP contribution >= 0.6 is 0 Å². The second-order valence-electron chi connectivity index (χ2n) is 6.97. The molecule has 1 aliphatic rings. The van der Waals surface area contributed by atoms with Gasteiger partial charge >= 0.3 is 0 Å². The summed E-state index contributed by atoms with van der Waals surface area (Å²) >= 11 is 0. The summed E-state index contributed by atoms with van der Waals surface area (Å²) in [6.07, 6.45) is 5.22. The van der Waals surface area contributed by atoms with E-state index in [1.165, 1.54) is 6.42 Å². The second kappa shape index (κ2) is 8.30. The van der Waals surface area contributed by atoms with Crippen LogP contribution in [0.15, 0.2) is 54.6 Å². The zero-order valence-corrected chi connectivity index (χ0v) is 16.1. The Morgan fingerprint density at radius 1 is 1.04 bits per heavy atom. The molecule has 0 unspecified atom stereocenters. The fraction of sp³-hybridized carbons (Fsp3) is 0.304. The average Bonchev–Trinajstić information content (AvgIpc) is 2.91. The van der Waals surface area contributed by atoms with Crippen LogP contribution in [0.25, 0.3) is 5.69 Å². The maximum absolute atomic E-state index is 13.2. The van der Waals surface area contributed by atoms with Gasteiger partial charge in [-0.2, -0.15) is 5.10 Å². The molecule has 4 rings (SSSR count). The van der Waals surface area contributed by atoms with Crippen LogP contribution in [0, 0.1) is 0 Å². The topological polar surface area (TPSA) is 56.1 Å². The summed E-state index contributed by atoms with van der Waals surface area (Å²) in [5, 5.41) is 7.75. The number of ether oxygens (including phenoxy) is 1. The van der Waals surface area contributed by atoms with E-state index in [-0.39, 0.29) is 5.91 Å². The number of aromatic nitrogens is 2. The molecule has 144 valence electrons. The highest BCUT2D eigenvalue weighted by Crippen LogP contribution is 2.28. The van der Waals surface area contributed by atoms with E-state index in [0.29, 0.717) is 23.7 Å². The smallest absolute Gasteiger partial charge is 0.276 e. The molecule has 0 atom stereocenters. The summed E-state index contributed by atoms with van der Waals surface area (Å²) in [6.45, 7) is 2.48. The molecule has 1 aliphatic carbocycles. The Bertz CT molecular complexity index is 963. The predicted octanol–water partition coefficient (Wildman–Crippen LogP) is 4.79. The van der Waals surface area contributed by atoms with Gasteiger partial charge in [-0.3, -0.25) is 4.79 Å². The van der Waals surface area contributed by atoms with E-state index < -0.39 is 0 Å². The Morgan fingerprint density at radius 2 is 1.79 bits per heavy atom. The Balaban J connectivity index is 1.71. The molecule has 0 fully saturated rings. The summed E-state index contributed by atoms with van der Waals surface area (Å²) in [5.41, 5.74) is 4.42. The maximum Gasteiger partial charge on any atom is 0.276 e. The van der Waals surface area contributed by atoms with E-state index in [1.54, 1.807) is 0 Å². The van der Waals surface area contributed by atoms with E-state index in [9.17, 15) is 4.79 Å². The molecular formula is C23H25N3O2. The summed E-state index contributed by atoms with van der Waals surface area (Å²) in [5.74, 6) is 0.493. The summed E-state index contributed by atoms with van der Waals surface area (Å²) in [7, 11) is 0. The van der Waals surface area contributed by atoms with Crippen molar-refractivity contribution in [1.29, 1.82) is 0 Å². The van der Waals surface area contributed by atoms with Crippen molar-refractivity contribution in [3.05, 3.63) is 71.5 Å². The number of benzene rings is 2. The molecule has 1 amide bonds. The molecule has 28 heavy (non-hydrogen) atoms. The lowest BCUT2D eigenvalue weighted by atomic mass is 10.1. The van der Waals surface area contributed by atoms with Gasteiger partial charge in [0, 0.05) is 11.3 Å². The highest BCUT2D eigenvalue weighted by atomic mass is 16.5. The van der Waals surface area contributed by atoms with Crippen LogP contribution < -0.4 is 10.1 Å². The van der Waals surface area contributed by atoms with Crippen molar-refractivity contribution >= 4 is 11.6 Å². The minimum Gasteiger partial charge on any atom is -0.492 e. The lowest BCUT2D eigenvalue weighted by Gasteiger charge is -2.11. The first-order valence-electron chi connectivity index (χ1n) is 9.97. The normalized spacial score (nSPS) is 13.5. The molecular weight excluding hydrogens is 350 g/mol. The van der Waals surface area contributed by atoms with Crippen LogP contribution in [0.2, 0.25) is 0 Å². The zero-order chi connectivity index (χ0) is 19.3. The third-order valence-electron chi connectivity index (χ3n) is 5.08. The second-order valence-corrected chi connectivity index (χ2v) is 6.97. The van der Waals surface area contributed by atoms with Gasteiger partial charge in [-0.25, -0.2) is 4.68 Å². The fourth-order valence-electron chi connectivity index (χ4n) is 3.77. The number of para-hydroxylation sites is 3. The number of nitrogens with one attached hydrogen (secondary N) is 1. The first-order chi connectivity index (χ1) is 13.8. The van der Waals surface area contributed by atoms with E-state index >= 15 is 0 Å². The van der Waals surface area contributed by atoms with Crippen molar-refractivity contribution in [2.75, 3.05) is 11.9 Å². The van der Waals surface area contributed by atoms with E-state index in [0.717, 1.165) is 42.6 Å². The largest absolute Gasteiger partial charge is 0.492 e. The van der Waals surface area contributed by atoms with E-state index in [2.05, 4.69) is 5.32 Å². The van der Waals surface area contributed by atoms with Gasteiger partial charge in [0.25, 0.3) is 5.91 Å². The van der Waals surface area contributed by atoms with Gasteiger partial charge in [0.05, 0.1) is 18.0 Å². The molecule has 0 radical (unpaired) electrons. The Kier molecular flexibility index (Phi) is 5.42. The molecule has 0 spiro atoms. The number of anilines is 1. The molecule has 0 saturated heterocycles. The van der Waals surface area contributed by atoms with Crippen LogP contribution in [-0.4, -0.2) is 22.3 Å². The van der Waals surface area contributed by atoms with Gasteiger partial charge < -0.3 is 10.1 Å². The highest BCUT2D eigenvalue weighted by Gasteiger charge is 2.25. The Hall–Kier alpha value is -3.08. The van der Waals surface area contributed by atoms with Crippen molar-refractivity contribution in [2.24, 2.45) is 0 Å². The molecule has 1 N–H and O–H groups in total. The Labute approximate surface area is 165 Å². The molecule has 5 heteroatoms. The number of hydrogen-bond acceptors (Lipinski definition) is 3. The summed E-state index contributed by atoms with van der Waals surface area (Å²) in [6, 6.07) is 17.6. The zero-order valence-electron chi connectivity index (χ0n) is 16.1. The SMILES string of the molecule is CCOc1ccccc1NC(=O)c1nn(-c2ccccc2)c2c1CCCCC2. The predicted molar refractivity (Wildman–Crippen MR) is 110 cm³/mol. The number of nitrogens with zero attached hydrogens (tertiary/aromatic N) is 2. The minimum absolute atomic E-state index is 0.181. The van der Waals surface area contributed by atoms with Gasteiger partial charge in [-0.15, -0.1) is 0 Å². The van der Waals surface area contributed by atoms with Crippen molar-refractivity contribution in [3.8, 4) is 11.4 Å². The first kappa shape index (κ1) is 18.3. The summed E-state index contributed by atoms with van der Waals surface area (Å²) in [4.78, 5) is 13.2. The van der Waals surface area contributed by atoms with Crippen molar-refractivity contribution in [1.82, 2.24) is 9.78 Å². The maximum atomic E-state index is 13.2. The van der Waals surface area contributed by atoms with Crippen LogP contribution in [0.4, 0.5) is 5.69 Å². The standard InChI is InChI=1S/C23H25N3O2/c1-2-28-21-16-10-9-14-19(21)24-23(27)22-18-13-7-4-8-15-20(18)26(25-22)17-11-5-3-6-12-17/h3,5-6,9-12,14,16H,2,4,7-8,13,15H2,1H3,(H,24,27). The van der Waals surface area contributed by atoms with Crippen molar-refractivity contribution in [2.45, 2.75) is 39.0 Å². The van der Waals surface area contributed by atoms with Gasteiger partial charge in [0.15, 0.2) is 5.69 Å². The summed E-state index contributed by atoms with van der Waals surface area (Å²) < 4.78 is 7.59. The average molecular weight is 375 g/mol. The van der Waals surface area contributed by atoms with Crippen LogP contribution in [0.1, 0.15) is 47.9 Å². The monoisotopic (exact) mass is 375 g/mol. The van der Waals surface area contributed by atoms with Crippen molar-refractivity contribution < 1.29 is 9.53 Å². The van der Waals surface area contributed by atoms with Crippen LogP contribution in [-0.2, 0) is 12.8 Å². The first-order valence-corrected chi connectivity index (χ1v) is 9.97. The highest BCUT2D eigenvalue weighted by molar-refractivity contribution is 6.04. The number of carbonyl (C=O) groups is 1. The molecule has 3 aromatic rings. The third kappa shape index (κ3) is 3.65. The molecule has 2 aromatic carbocycles. The Morgan fingerprint density at radius 3 is 2.61 bits per heavy atom. The molecule has 0 saturated carbocycles. The molecule has 5 nitrogen and oxygen atoms in total. The molecule has 1 heterocycles. The number of amides is 1. The molecule has 1 aromatic heterocycles. The lowest BCUT2D eigenvalue weighted by molar-refractivity contribution is 0.102. The quantitative estimate of drug-likeness (QED) is 0.652. The van der Waals surface area contributed by atoms with Gasteiger partial charge in [-0.05, 0) is 56.9 Å². The van der Waals surface area contributed by atoms with Gasteiger partial charge in [0.1, 0.15) is 5.75 Å². The number of fused-ring (bicyclic) bond motifs is 1. The van der Waals surface area contributed by atoms with E-state index in [4.69, 9.17) is 9.84 Å². The van der Waals surface area contributed by atoms with E-state index in [1.807, 2.05) is 66.2 Å². The lowest BCUT2D eigenvalue weighted by Crippen LogP contribution is -2.15. The van der Waals surface area contributed by atoms with Crippen LogP contribution in [0.5, 0.6) is 5.75 Å². The molecule has 0 aliphatic heterocycles. The van der Waals surface area contributed by atoms with Gasteiger partial charge in [-0.1, -0.05) is 36.8 Å². The number of hydrogen-bond donors (Lipinski definition) is 1. The third-order valence-corrected chi connectivity index (χ3v) is 5.08. The fourth-order valence-corrected chi connectivity index (χ4v) is 3.77. The van der Waals surface area contributed by atoms with Gasteiger partial charge in [0.2, 0.25) is 0 Å². The minimum atomic E-state index is -0.181. The van der Waals surface area contributed by atoms with Crippen LogP contribution in [0.3, 0.4) is 0 Å². The molecule has 0 bridgehead atoms. The number of carbonyl (C=O) groups excluding carboxylic acids is 1. The van der Waals surface area contributed by atoms with Crippen molar-refractivity contribution in [3.63, 3.8) is 0 Å². The number of rotatable bonds is 5.